The Labute approximate surface area is 244 Å². The highest BCUT2D eigenvalue weighted by Gasteiger charge is 2.61. The van der Waals surface area contributed by atoms with Gasteiger partial charge in [0, 0.05) is 31.8 Å². The average molecular weight is 562 g/mol. The molecular weight excluding hydrogens is 502 g/mol. The quantitative estimate of drug-likeness (QED) is 0.157. The molecule has 1 unspecified atom stereocenters. The van der Waals surface area contributed by atoms with E-state index in [1.165, 1.54) is 88.6 Å². The first kappa shape index (κ1) is 31.2. The number of rotatable bonds is 14. The van der Waals surface area contributed by atoms with Crippen molar-refractivity contribution in [1.82, 2.24) is 4.90 Å². The lowest BCUT2D eigenvalue weighted by atomic mass is 9.46. The molecule has 0 aromatic carbocycles. The van der Waals surface area contributed by atoms with E-state index >= 15 is 0 Å². The van der Waals surface area contributed by atoms with Crippen LogP contribution in [0.5, 0.6) is 0 Å². The number of piperidine rings is 1. The number of carbonyl (C=O) groups excluding carboxylic acids is 2. The summed E-state index contributed by atoms with van der Waals surface area (Å²) in [6.07, 6.45) is 20.0. The van der Waals surface area contributed by atoms with Crippen LogP contribution in [0.25, 0.3) is 0 Å². The highest BCUT2D eigenvalue weighted by Crippen LogP contribution is 2.66. The van der Waals surface area contributed by atoms with Crippen molar-refractivity contribution >= 4 is 23.6 Å². The number of esters is 1. The minimum absolute atomic E-state index is 0.0274. The van der Waals surface area contributed by atoms with E-state index in [0.717, 1.165) is 43.4 Å². The van der Waals surface area contributed by atoms with Crippen molar-refractivity contribution < 1.29 is 14.3 Å². The van der Waals surface area contributed by atoms with Crippen LogP contribution >= 0.6 is 11.8 Å². The molecule has 39 heavy (non-hydrogen) atoms. The van der Waals surface area contributed by atoms with Gasteiger partial charge in [-0.05, 0) is 105 Å². The molecule has 1 amide bonds. The third kappa shape index (κ3) is 6.86. The molecule has 224 valence electrons. The van der Waals surface area contributed by atoms with Crippen molar-refractivity contribution in [1.29, 1.82) is 0 Å². The summed E-state index contributed by atoms with van der Waals surface area (Å²) in [7, 11) is 2.05. The monoisotopic (exact) mass is 561 g/mol. The van der Waals surface area contributed by atoms with Crippen molar-refractivity contribution in [3.8, 4) is 0 Å². The molecule has 0 N–H and O–H groups in total. The molecule has 3 saturated carbocycles. The van der Waals surface area contributed by atoms with Gasteiger partial charge in [-0.3, -0.25) is 9.59 Å². The number of amides is 1. The zero-order valence-corrected chi connectivity index (χ0v) is 26.8. The molecule has 8 atom stereocenters. The Morgan fingerprint density at radius 1 is 0.923 bits per heavy atom. The molecule has 0 radical (unpaired) electrons. The van der Waals surface area contributed by atoms with Gasteiger partial charge in [-0.2, -0.15) is 11.8 Å². The SMILES string of the molecule is CCSCCCCCCCCCCC(=O)OC(C)[C@H]1CC[C@H]2[C@@H]3CC[C@H]4N(C)C(=O)CC[C@]4(C)[C@H]3CC[C@]12C. The van der Waals surface area contributed by atoms with Crippen LogP contribution in [0.4, 0.5) is 0 Å². The molecule has 1 saturated heterocycles. The maximum Gasteiger partial charge on any atom is 0.306 e. The van der Waals surface area contributed by atoms with E-state index in [2.05, 4.69) is 51.4 Å². The first-order chi connectivity index (χ1) is 18.7. The number of carbonyl (C=O) groups is 2. The number of likely N-dealkylation sites (tertiary alicyclic amines) is 1. The average Bonchev–Trinajstić information content (AvgIpc) is 3.27. The third-order valence-corrected chi connectivity index (χ3v) is 13.1. The van der Waals surface area contributed by atoms with E-state index in [4.69, 9.17) is 4.74 Å². The topological polar surface area (TPSA) is 46.6 Å². The fraction of sp³-hybridized carbons (Fsp3) is 0.941. The molecule has 1 heterocycles. The number of hydrogen-bond acceptors (Lipinski definition) is 4. The summed E-state index contributed by atoms with van der Waals surface area (Å²) in [5.41, 5.74) is 0.562. The number of unbranched alkanes of at least 4 members (excludes halogenated alkanes) is 7. The van der Waals surface area contributed by atoms with Gasteiger partial charge in [0.1, 0.15) is 6.10 Å². The van der Waals surface area contributed by atoms with Gasteiger partial charge in [0.05, 0.1) is 0 Å². The molecule has 1 aliphatic heterocycles. The summed E-state index contributed by atoms with van der Waals surface area (Å²) >= 11 is 2.06. The maximum atomic E-state index is 12.8. The van der Waals surface area contributed by atoms with Gasteiger partial charge < -0.3 is 9.64 Å². The molecule has 0 aromatic rings. The van der Waals surface area contributed by atoms with Gasteiger partial charge in [0.2, 0.25) is 5.91 Å². The van der Waals surface area contributed by atoms with Gasteiger partial charge in [-0.25, -0.2) is 0 Å². The zero-order chi connectivity index (χ0) is 28.0. The Hall–Kier alpha value is -0.710. The predicted molar refractivity (Wildman–Crippen MR) is 164 cm³/mol. The van der Waals surface area contributed by atoms with Gasteiger partial charge in [0.25, 0.3) is 0 Å². The Bertz CT molecular complexity index is 818. The first-order valence-corrected chi connectivity index (χ1v) is 17.9. The van der Waals surface area contributed by atoms with Gasteiger partial charge in [-0.15, -0.1) is 0 Å². The predicted octanol–water partition coefficient (Wildman–Crippen LogP) is 8.66. The van der Waals surface area contributed by atoms with Crippen molar-refractivity contribution in [3.05, 3.63) is 0 Å². The molecule has 4 nitrogen and oxygen atoms in total. The van der Waals surface area contributed by atoms with Crippen LogP contribution in [0.2, 0.25) is 0 Å². The normalized spacial score (nSPS) is 36.7. The molecule has 3 aliphatic carbocycles. The lowest BCUT2D eigenvalue weighted by molar-refractivity contribution is -0.164. The van der Waals surface area contributed by atoms with Crippen LogP contribution in [0.1, 0.15) is 137 Å². The summed E-state index contributed by atoms with van der Waals surface area (Å²) in [5.74, 6) is 5.68. The number of thioether (sulfide) groups is 1. The van der Waals surface area contributed by atoms with Crippen molar-refractivity contribution in [2.75, 3.05) is 18.6 Å². The van der Waals surface area contributed by atoms with Crippen molar-refractivity contribution in [2.24, 2.45) is 34.5 Å². The second-order valence-electron chi connectivity index (χ2n) is 14.2. The van der Waals surface area contributed by atoms with Crippen LogP contribution in [-0.2, 0) is 14.3 Å². The molecule has 4 fully saturated rings. The van der Waals surface area contributed by atoms with Crippen LogP contribution in [0.3, 0.4) is 0 Å². The minimum atomic E-state index is 0.0274. The van der Waals surface area contributed by atoms with E-state index in [9.17, 15) is 9.59 Å². The third-order valence-electron chi connectivity index (χ3n) is 12.1. The molecule has 4 rings (SSSR count). The Kier molecular flexibility index (Phi) is 11.2. The summed E-state index contributed by atoms with van der Waals surface area (Å²) in [5, 5.41) is 0. The number of fused-ring (bicyclic) bond motifs is 5. The van der Waals surface area contributed by atoms with Crippen LogP contribution in [-0.4, -0.2) is 47.5 Å². The lowest BCUT2D eigenvalue weighted by Crippen LogP contribution is -2.61. The number of nitrogens with zero attached hydrogens (tertiary/aromatic N) is 1. The zero-order valence-electron chi connectivity index (χ0n) is 26.0. The Balaban J connectivity index is 1.19. The van der Waals surface area contributed by atoms with Crippen molar-refractivity contribution in [3.63, 3.8) is 0 Å². The largest absolute Gasteiger partial charge is 0.462 e. The van der Waals surface area contributed by atoms with Crippen molar-refractivity contribution in [2.45, 2.75) is 149 Å². The summed E-state index contributed by atoms with van der Waals surface area (Å²) in [6, 6.07) is 0.427. The molecule has 0 spiro atoms. The summed E-state index contributed by atoms with van der Waals surface area (Å²) in [6.45, 7) is 9.46. The molecular formula is C34H59NO3S. The van der Waals surface area contributed by atoms with Gasteiger partial charge in [0.15, 0.2) is 0 Å². The van der Waals surface area contributed by atoms with Crippen LogP contribution < -0.4 is 0 Å². The summed E-state index contributed by atoms with van der Waals surface area (Å²) in [4.78, 5) is 27.3. The van der Waals surface area contributed by atoms with Crippen LogP contribution in [0.15, 0.2) is 0 Å². The van der Waals surface area contributed by atoms with Crippen LogP contribution in [0, 0.1) is 34.5 Å². The minimum Gasteiger partial charge on any atom is -0.462 e. The van der Waals surface area contributed by atoms with E-state index in [0.29, 0.717) is 24.3 Å². The summed E-state index contributed by atoms with van der Waals surface area (Å²) < 4.78 is 6.12. The van der Waals surface area contributed by atoms with Gasteiger partial charge in [-0.1, -0.05) is 59.3 Å². The second-order valence-corrected chi connectivity index (χ2v) is 15.6. The fourth-order valence-electron chi connectivity index (χ4n) is 9.99. The van der Waals surface area contributed by atoms with E-state index < -0.39 is 0 Å². The second kappa shape index (κ2) is 14.0. The van der Waals surface area contributed by atoms with Gasteiger partial charge >= 0.3 is 5.97 Å². The van der Waals surface area contributed by atoms with E-state index in [1.54, 1.807) is 0 Å². The number of hydrogen-bond donors (Lipinski definition) is 0. The molecule has 4 aliphatic rings. The number of ether oxygens (including phenoxy) is 1. The fourth-order valence-corrected chi connectivity index (χ4v) is 10.7. The van der Waals surface area contributed by atoms with E-state index in [-0.39, 0.29) is 22.9 Å². The molecule has 5 heteroatoms. The standard InChI is InChI=1S/C34H59NO3S/c1-6-39-24-14-12-10-8-7-9-11-13-15-32(37)38-25(2)27-17-18-28-26-16-19-30-34(4,23-21-31(36)35(30)5)29(26)20-22-33(27,28)3/h25-30H,6-24H2,1-5H3/t25?,26-,27+,28-,29-,30+,33+,34+/m0/s1. The smallest absolute Gasteiger partial charge is 0.306 e. The lowest BCUT2D eigenvalue weighted by Gasteiger charge is -2.62. The Morgan fingerprint density at radius 2 is 1.59 bits per heavy atom. The highest BCUT2D eigenvalue weighted by molar-refractivity contribution is 7.99. The molecule has 0 bridgehead atoms. The Morgan fingerprint density at radius 3 is 2.31 bits per heavy atom. The van der Waals surface area contributed by atoms with E-state index in [1.807, 2.05) is 0 Å². The molecule has 0 aromatic heterocycles. The highest BCUT2D eigenvalue weighted by atomic mass is 32.2. The maximum absolute atomic E-state index is 12.8. The first-order valence-electron chi connectivity index (χ1n) is 16.7.